The van der Waals surface area contributed by atoms with Crippen LogP contribution in [0.25, 0.3) is 0 Å². The molecule has 70 heavy (non-hydrogen) atoms. The fourth-order valence-electron chi connectivity index (χ4n) is 9.98. The number of hydrogen-bond donors (Lipinski definition) is 5. The zero-order valence-corrected chi connectivity index (χ0v) is 40.2. The third kappa shape index (κ3) is 11.3. The Labute approximate surface area is 407 Å². The first kappa shape index (κ1) is 49.4. The van der Waals surface area contributed by atoms with Crippen molar-refractivity contribution < 1.29 is 43.2 Å². The minimum atomic E-state index is -2.39. The Morgan fingerprint density at radius 3 is 1.53 bits per heavy atom. The van der Waals surface area contributed by atoms with Gasteiger partial charge in [0.05, 0.1) is 67.8 Å². The van der Waals surface area contributed by atoms with E-state index in [4.69, 9.17) is 9.47 Å². The van der Waals surface area contributed by atoms with Crippen LogP contribution in [-0.2, 0) is 15.1 Å². The smallest absolute Gasteiger partial charge is 0.260 e. The highest BCUT2D eigenvalue weighted by molar-refractivity contribution is 6.08. The van der Waals surface area contributed by atoms with E-state index >= 15 is 4.39 Å². The number of piperidine rings is 2. The second kappa shape index (κ2) is 21.0. The van der Waals surface area contributed by atoms with Crippen LogP contribution < -0.4 is 30.2 Å². The Balaban J connectivity index is 0.000000174. The quantitative estimate of drug-likeness (QED) is 0.107. The minimum Gasteiger partial charge on any atom is -0.393 e. The van der Waals surface area contributed by atoms with Gasteiger partial charge in [-0.3, -0.25) is 9.59 Å². The molecule has 8 heterocycles. The molecule has 4 aromatic heterocycles. The minimum absolute atomic E-state index is 0.0904. The molecular formula is C51H66F2N10O7. The Morgan fingerprint density at radius 1 is 0.643 bits per heavy atom. The predicted octanol–water partition coefficient (Wildman–Crippen LogP) is 5.82. The van der Waals surface area contributed by atoms with Crippen LogP contribution in [0.2, 0.25) is 0 Å². The van der Waals surface area contributed by atoms with E-state index in [1.165, 1.54) is 43.9 Å². The van der Waals surface area contributed by atoms with Crippen molar-refractivity contribution in [2.24, 2.45) is 10.8 Å². The second-order valence-electron chi connectivity index (χ2n) is 20.0. The standard InChI is InChI=1S/C26H34FN5O4.C25H32FN5O3/c1-18-15-32(13-14-36-18)22-4-2-3-21(29-22)30-24(35)19-5-6-20(26(27,16-33)17-34)28-23(19)31-11-9-25(7-8-25)10-12-31;1-17-15-31(13-14-34-17)22-4-2-3-21(28-22)29-24(33)18-5-6-20(19(26)16-32)27-23(18)30-11-9-25(7-8-25)10-12-30/h2-6,18,33-34H,7-17H2,1H3,(H,29,30,35);2-6,17,19,32H,7-16H2,1H3,(H,28,29,33)/t18-;17-,19?/m11/s1. The number of alkyl halides is 2. The first-order valence-electron chi connectivity index (χ1n) is 24.8. The van der Waals surface area contributed by atoms with Gasteiger partial charge in [0.2, 0.25) is 0 Å². The third-order valence-electron chi connectivity index (χ3n) is 14.9. The molecule has 6 fully saturated rings. The van der Waals surface area contributed by atoms with Crippen LogP contribution in [0.5, 0.6) is 0 Å². The molecule has 10 rings (SSSR count). The summed E-state index contributed by atoms with van der Waals surface area (Å²) in [6.45, 7) is 8.81. The lowest BCUT2D eigenvalue weighted by molar-refractivity contribution is 0.00964. The summed E-state index contributed by atoms with van der Waals surface area (Å²) in [7, 11) is 0. The van der Waals surface area contributed by atoms with E-state index in [-0.39, 0.29) is 29.5 Å². The first-order chi connectivity index (χ1) is 33.8. The van der Waals surface area contributed by atoms with Crippen molar-refractivity contribution in [3.05, 3.63) is 83.2 Å². The van der Waals surface area contributed by atoms with Crippen molar-refractivity contribution >= 4 is 46.7 Å². The summed E-state index contributed by atoms with van der Waals surface area (Å²) in [5.41, 5.74) is -0.773. The highest BCUT2D eigenvalue weighted by Gasteiger charge is 2.46. The Bertz CT molecular complexity index is 2470. The lowest BCUT2D eigenvalue weighted by atomic mass is 9.93. The van der Waals surface area contributed by atoms with Gasteiger partial charge in [-0.2, -0.15) is 0 Å². The molecule has 4 saturated heterocycles. The number of nitrogens with zero attached hydrogens (tertiary/aromatic N) is 8. The van der Waals surface area contributed by atoms with Crippen molar-refractivity contribution in [2.75, 3.05) is 116 Å². The van der Waals surface area contributed by atoms with E-state index < -0.39 is 37.6 Å². The Kier molecular flexibility index (Phi) is 14.8. The summed E-state index contributed by atoms with van der Waals surface area (Å²) in [5, 5.41) is 34.1. The molecule has 4 aromatic rings. The van der Waals surface area contributed by atoms with Crippen molar-refractivity contribution in [2.45, 2.75) is 89.3 Å². The molecule has 6 aliphatic rings. The van der Waals surface area contributed by atoms with E-state index in [9.17, 15) is 29.3 Å². The van der Waals surface area contributed by atoms with E-state index in [0.29, 0.717) is 58.4 Å². The van der Waals surface area contributed by atoms with Crippen LogP contribution in [0, 0.1) is 10.8 Å². The largest absolute Gasteiger partial charge is 0.393 e. The molecule has 19 heteroatoms. The number of rotatable bonds is 13. The lowest BCUT2D eigenvalue weighted by Crippen LogP contribution is -2.41. The molecule has 4 aliphatic heterocycles. The van der Waals surface area contributed by atoms with Crippen LogP contribution in [0.4, 0.5) is 43.7 Å². The SMILES string of the molecule is C[C@@H]1CN(c2cccc(NC(=O)c3ccc(C(F)(CO)CO)nc3N3CCC4(CC3)CC4)n2)CCO1.C[C@@H]1CN(c2cccc(NC(=O)c3ccc(C(F)CO)nc3N3CCC4(CC3)CC4)n2)CCO1. The van der Waals surface area contributed by atoms with Gasteiger partial charge in [-0.25, -0.2) is 28.7 Å². The molecule has 2 amide bonds. The summed E-state index contributed by atoms with van der Waals surface area (Å²) in [5.74, 6) is 2.51. The van der Waals surface area contributed by atoms with Crippen molar-refractivity contribution in [3.8, 4) is 0 Å². The normalized spacial score (nSPS) is 22.0. The summed E-state index contributed by atoms with van der Waals surface area (Å²) in [4.78, 5) is 53.3. The van der Waals surface area contributed by atoms with Gasteiger partial charge in [0.15, 0.2) is 11.8 Å². The molecule has 3 atom stereocenters. The van der Waals surface area contributed by atoms with Gasteiger partial charge in [0.25, 0.3) is 11.8 Å². The molecule has 2 spiro atoms. The fraction of sp³-hybridized carbons (Fsp3) is 0.569. The van der Waals surface area contributed by atoms with Crippen LogP contribution in [0.15, 0.2) is 60.7 Å². The van der Waals surface area contributed by atoms with Crippen molar-refractivity contribution in [1.82, 2.24) is 19.9 Å². The molecule has 5 N–H and O–H groups in total. The van der Waals surface area contributed by atoms with Gasteiger partial charge in [-0.1, -0.05) is 12.1 Å². The van der Waals surface area contributed by atoms with Gasteiger partial charge in [-0.15, -0.1) is 0 Å². The number of nitrogens with one attached hydrogen (secondary N) is 2. The number of aliphatic hydroxyl groups excluding tert-OH is 3. The topological polar surface area (TPSA) is 202 Å². The van der Waals surface area contributed by atoms with Crippen LogP contribution in [-0.4, -0.2) is 145 Å². The molecule has 0 radical (unpaired) electrons. The monoisotopic (exact) mass is 969 g/mol. The molecular weight excluding hydrogens is 903 g/mol. The van der Waals surface area contributed by atoms with E-state index in [1.807, 2.05) is 43.0 Å². The Morgan fingerprint density at radius 2 is 1.10 bits per heavy atom. The maximum Gasteiger partial charge on any atom is 0.260 e. The number of halogens is 2. The maximum absolute atomic E-state index is 15.1. The Hall–Kier alpha value is -5.60. The van der Waals surface area contributed by atoms with Gasteiger partial charge >= 0.3 is 0 Å². The highest BCUT2D eigenvalue weighted by atomic mass is 19.1. The van der Waals surface area contributed by atoms with Gasteiger partial charge in [0, 0.05) is 52.4 Å². The second-order valence-corrected chi connectivity index (χ2v) is 20.0. The zero-order valence-electron chi connectivity index (χ0n) is 40.2. The van der Waals surface area contributed by atoms with Crippen LogP contribution >= 0.6 is 0 Å². The number of pyridine rings is 4. The summed E-state index contributed by atoms with van der Waals surface area (Å²) < 4.78 is 40.5. The average Bonchev–Trinajstić information content (AvgIpc) is 4.34. The average molecular weight is 969 g/mol. The molecule has 2 saturated carbocycles. The number of aromatic nitrogens is 4. The van der Waals surface area contributed by atoms with Crippen molar-refractivity contribution in [3.63, 3.8) is 0 Å². The number of carbonyl (C=O) groups excluding carboxylic acids is 2. The third-order valence-corrected chi connectivity index (χ3v) is 14.9. The van der Waals surface area contributed by atoms with Gasteiger partial charge in [0.1, 0.15) is 34.9 Å². The maximum atomic E-state index is 15.1. The molecule has 0 aromatic carbocycles. The van der Waals surface area contributed by atoms with Crippen LogP contribution in [0.3, 0.4) is 0 Å². The first-order valence-corrected chi connectivity index (χ1v) is 24.8. The van der Waals surface area contributed by atoms with Gasteiger partial charge < -0.3 is 55.0 Å². The van der Waals surface area contributed by atoms with Crippen molar-refractivity contribution in [1.29, 1.82) is 0 Å². The molecule has 376 valence electrons. The molecule has 17 nitrogen and oxygen atoms in total. The van der Waals surface area contributed by atoms with E-state index in [2.05, 4.69) is 45.3 Å². The number of hydrogen-bond acceptors (Lipinski definition) is 15. The summed E-state index contributed by atoms with van der Waals surface area (Å²) >= 11 is 0. The highest BCUT2D eigenvalue weighted by Crippen LogP contribution is 2.55. The van der Waals surface area contributed by atoms with E-state index in [0.717, 1.165) is 89.7 Å². The number of carbonyl (C=O) groups is 2. The molecule has 0 bridgehead atoms. The predicted molar refractivity (Wildman–Crippen MR) is 262 cm³/mol. The number of aliphatic hydroxyl groups is 3. The summed E-state index contributed by atoms with van der Waals surface area (Å²) in [6, 6.07) is 17.0. The number of anilines is 6. The molecule has 2 aliphatic carbocycles. The fourth-order valence-corrected chi connectivity index (χ4v) is 9.98. The number of amides is 2. The zero-order chi connectivity index (χ0) is 49.0. The number of ether oxygens (including phenoxy) is 2. The van der Waals surface area contributed by atoms with Gasteiger partial charge in [-0.05, 0) is 125 Å². The van der Waals surface area contributed by atoms with Crippen LogP contribution in [0.1, 0.15) is 103 Å². The molecule has 1 unspecified atom stereocenters. The summed E-state index contributed by atoms with van der Waals surface area (Å²) in [6.07, 6.45) is 7.76. The lowest BCUT2D eigenvalue weighted by Gasteiger charge is -2.34. The number of morpholine rings is 2. The van der Waals surface area contributed by atoms with E-state index in [1.54, 1.807) is 18.2 Å².